The minimum absolute atomic E-state index is 0.305. The van der Waals surface area contributed by atoms with Crippen LogP contribution in [-0.2, 0) is 9.53 Å². The number of carbonyl (C=O) groups excluding carboxylic acids is 1. The van der Waals surface area contributed by atoms with E-state index in [0.717, 1.165) is 38.0 Å². The third-order valence-electron chi connectivity index (χ3n) is 3.43. The summed E-state index contributed by atoms with van der Waals surface area (Å²) >= 11 is 0. The van der Waals surface area contributed by atoms with Gasteiger partial charge in [0.2, 0.25) is 5.91 Å². The number of amides is 1. The van der Waals surface area contributed by atoms with Crippen LogP contribution < -0.4 is 16.0 Å². The summed E-state index contributed by atoms with van der Waals surface area (Å²) in [6.45, 7) is 6.24. The summed E-state index contributed by atoms with van der Waals surface area (Å²) in [5.74, 6) is -4.62. The first-order valence-corrected chi connectivity index (χ1v) is 9.02. The SMILES string of the molecule is CCCCOCCCNC(=NCC(=O)Nc1ccc(F)c(F)c1F)NCC. The maximum absolute atomic E-state index is 13.6. The largest absolute Gasteiger partial charge is 0.381 e. The highest BCUT2D eigenvalue weighted by Crippen LogP contribution is 2.19. The molecule has 1 rings (SSSR count). The van der Waals surface area contributed by atoms with Crippen molar-refractivity contribution in [2.45, 2.75) is 33.1 Å². The van der Waals surface area contributed by atoms with Crippen molar-refractivity contribution in [1.82, 2.24) is 10.6 Å². The van der Waals surface area contributed by atoms with E-state index >= 15 is 0 Å². The minimum atomic E-state index is -1.63. The van der Waals surface area contributed by atoms with Crippen molar-refractivity contribution in [2.75, 3.05) is 38.2 Å². The van der Waals surface area contributed by atoms with E-state index in [-0.39, 0.29) is 6.54 Å². The molecule has 0 heterocycles. The van der Waals surface area contributed by atoms with E-state index in [2.05, 4.69) is 27.9 Å². The van der Waals surface area contributed by atoms with E-state index in [9.17, 15) is 18.0 Å². The normalized spacial score (nSPS) is 11.4. The van der Waals surface area contributed by atoms with Gasteiger partial charge >= 0.3 is 0 Å². The lowest BCUT2D eigenvalue weighted by molar-refractivity contribution is -0.114. The van der Waals surface area contributed by atoms with Gasteiger partial charge in [0.05, 0.1) is 5.69 Å². The number of carbonyl (C=O) groups is 1. The molecule has 0 aliphatic heterocycles. The van der Waals surface area contributed by atoms with Crippen molar-refractivity contribution < 1.29 is 22.7 Å². The van der Waals surface area contributed by atoms with Crippen molar-refractivity contribution >= 4 is 17.6 Å². The first-order chi connectivity index (χ1) is 13.0. The van der Waals surface area contributed by atoms with Gasteiger partial charge in [-0.25, -0.2) is 18.2 Å². The predicted octanol–water partition coefficient (Wildman–Crippen LogP) is 2.80. The van der Waals surface area contributed by atoms with Gasteiger partial charge in [0.1, 0.15) is 6.54 Å². The standard InChI is InChI=1S/C18H27F3N4O2/c1-3-5-10-27-11-6-9-23-18(22-4-2)24-12-15(26)25-14-8-7-13(19)16(20)17(14)21/h7-8H,3-6,9-12H2,1-2H3,(H,25,26)(H2,22,23,24). The number of guanidine groups is 1. The van der Waals surface area contributed by atoms with Gasteiger partial charge in [-0.2, -0.15) is 0 Å². The van der Waals surface area contributed by atoms with E-state index < -0.39 is 29.0 Å². The first-order valence-electron chi connectivity index (χ1n) is 9.02. The Morgan fingerprint density at radius 1 is 1.07 bits per heavy atom. The lowest BCUT2D eigenvalue weighted by atomic mass is 10.3. The first kappa shape index (κ1) is 22.8. The summed E-state index contributed by atoms with van der Waals surface area (Å²) in [6, 6.07) is 1.70. The molecule has 0 spiro atoms. The van der Waals surface area contributed by atoms with E-state index in [1.165, 1.54) is 0 Å². The molecule has 0 saturated heterocycles. The topological polar surface area (TPSA) is 74.8 Å². The Balaban J connectivity index is 2.45. The maximum Gasteiger partial charge on any atom is 0.246 e. The zero-order valence-corrected chi connectivity index (χ0v) is 15.7. The summed E-state index contributed by atoms with van der Waals surface area (Å²) < 4.78 is 45.1. The maximum atomic E-state index is 13.6. The summed E-state index contributed by atoms with van der Waals surface area (Å²) in [5, 5.41) is 8.20. The fraction of sp³-hybridized carbons (Fsp3) is 0.556. The Kier molecular flexibility index (Phi) is 10.9. The monoisotopic (exact) mass is 388 g/mol. The van der Waals surface area contributed by atoms with Crippen LogP contribution in [-0.4, -0.2) is 44.7 Å². The van der Waals surface area contributed by atoms with Gasteiger partial charge in [-0.15, -0.1) is 0 Å². The molecule has 0 atom stereocenters. The number of nitrogens with zero attached hydrogens (tertiary/aromatic N) is 1. The number of nitrogens with one attached hydrogen (secondary N) is 3. The third-order valence-corrected chi connectivity index (χ3v) is 3.43. The zero-order valence-electron chi connectivity index (χ0n) is 15.7. The Morgan fingerprint density at radius 3 is 2.52 bits per heavy atom. The number of hydrogen-bond donors (Lipinski definition) is 3. The average Bonchev–Trinajstić information content (AvgIpc) is 2.65. The van der Waals surface area contributed by atoms with Crippen LogP contribution in [0.2, 0.25) is 0 Å². The summed E-state index contributed by atoms with van der Waals surface area (Å²) in [4.78, 5) is 15.9. The van der Waals surface area contributed by atoms with E-state index in [0.29, 0.717) is 25.7 Å². The molecule has 0 unspecified atom stereocenters. The highest BCUT2D eigenvalue weighted by molar-refractivity contribution is 5.94. The summed E-state index contributed by atoms with van der Waals surface area (Å²) in [7, 11) is 0. The Hall–Kier alpha value is -2.29. The van der Waals surface area contributed by atoms with Gasteiger partial charge in [-0.05, 0) is 31.9 Å². The number of rotatable bonds is 11. The lowest BCUT2D eigenvalue weighted by Gasteiger charge is -2.11. The number of ether oxygens (including phenoxy) is 1. The minimum Gasteiger partial charge on any atom is -0.381 e. The third kappa shape index (κ3) is 8.76. The number of anilines is 1. The molecular weight excluding hydrogens is 361 g/mol. The van der Waals surface area contributed by atoms with E-state index in [4.69, 9.17) is 4.74 Å². The van der Waals surface area contributed by atoms with Crippen LogP contribution >= 0.6 is 0 Å². The van der Waals surface area contributed by atoms with Gasteiger partial charge < -0.3 is 20.7 Å². The summed E-state index contributed by atoms with van der Waals surface area (Å²) in [6.07, 6.45) is 2.90. The molecule has 1 aromatic rings. The van der Waals surface area contributed by atoms with E-state index in [1.807, 2.05) is 6.92 Å². The quantitative estimate of drug-likeness (QED) is 0.236. The molecule has 0 saturated carbocycles. The molecule has 27 heavy (non-hydrogen) atoms. The van der Waals surface area contributed by atoms with Gasteiger partial charge in [0.25, 0.3) is 0 Å². The second kappa shape index (κ2) is 13.0. The molecule has 9 heteroatoms. The van der Waals surface area contributed by atoms with Crippen LogP contribution in [0.3, 0.4) is 0 Å². The molecule has 0 radical (unpaired) electrons. The van der Waals surface area contributed by atoms with Gasteiger partial charge in [-0.3, -0.25) is 4.79 Å². The van der Waals surface area contributed by atoms with Gasteiger partial charge in [0, 0.05) is 26.3 Å². The highest BCUT2D eigenvalue weighted by atomic mass is 19.2. The molecule has 1 aromatic carbocycles. The van der Waals surface area contributed by atoms with Gasteiger partial charge in [-0.1, -0.05) is 13.3 Å². The smallest absolute Gasteiger partial charge is 0.246 e. The molecule has 0 aliphatic rings. The summed E-state index contributed by atoms with van der Waals surface area (Å²) in [5.41, 5.74) is -0.434. The molecule has 0 aromatic heterocycles. The number of hydrogen-bond acceptors (Lipinski definition) is 3. The number of benzene rings is 1. The second-order valence-electron chi connectivity index (χ2n) is 5.71. The molecule has 3 N–H and O–H groups in total. The molecule has 0 aliphatic carbocycles. The van der Waals surface area contributed by atoms with Crippen LogP contribution in [0.5, 0.6) is 0 Å². The Morgan fingerprint density at radius 2 is 1.81 bits per heavy atom. The molecule has 6 nitrogen and oxygen atoms in total. The molecule has 0 bridgehead atoms. The van der Waals surface area contributed by atoms with Crippen LogP contribution in [0.15, 0.2) is 17.1 Å². The van der Waals surface area contributed by atoms with Crippen molar-refractivity contribution in [3.8, 4) is 0 Å². The van der Waals surface area contributed by atoms with Crippen molar-refractivity contribution in [1.29, 1.82) is 0 Å². The van der Waals surface area contributed by atoms with Crippen molar-refractivity contribution in [3.63, 3.8) is 0 Å². The van der Waals surface area contributed by atoms with Crippen LogP contribution in [0, 0.1) is 17.5 Å². The van der Waals surface area contributed by atoms with Crippen LogP contribution in [0.25, 0.3) is 0 Å². The second-order valence-corrected chi connectivity index (χ2v) is 5.71. The Bertz CT molecular complexity index is 627. The number of halogens is 3. The Labute approximate surface area is 157 Å². The number of unbranched alkanes of at least 4 members (excludes halogenated alkanes) is 1. The predicted molar refractivity (Wildman–Crippen MR) is 99.3 cm³/mol. The molecule has 1 amide bonds. The fourth-order valence-electron chi connectivity index (χ4n) is 2.03. The van der Waals surface area contributed by atoms with Crippen LogP contribution in [0.4, 0.5) is 18.9 Å². The number of aliphatic imine (C=N–C) groups is 1. The molecule has 0 fully saturated rings. The fourth-order valence-corrected chi connectivity index (χ4v) is 2.03. The molecule has 152 valence electrons. The van der Waals surface area contributed by atoms with E-state index in [1.54, 1.807) is 0 Å². The van der Waals surface area contributed by atoms with Gasteiger partial charge in [0.15, 0.2) is 23.4 Å². The van der Waals surface area contributed by atoms with Crippen molar-refractivity contribution in [3.05, 3.63) is 29.6 Å². The van der Waals surface area contributed by atoms with Crippen LogP contribution in [0.1, 0.15) is 33.1 Å². The highest BCUT2D eigenvalue weighted by Gasteiger charge is 2.15. The lowest BCUT2D eigenvalue weighted by Crippen LogP contribution is -2.38. The van der Waals surface area contributed by atoms with Crippen molar-refractivity contribution in [2.24, 2.45) is 4.99 Å². The zero-order chi connectivity index (χ0) is 20.1. The molecular formula is C18H27F3N4O2. The average molecular weight is 388 g/mol.